The van der Waals surface area contributed by atoms with Gasteiger partial charge >= 0.3 is 5.97 Å². The van der Waals surface area contributed by atoms with Gasteiger partial charge in [0.25, 0.3) is 0 Å². The zero-order valence-electron chi connectivity index (χ0n) is 11.2. The third-order valence-electron chi connectivity index (χ3n) is 2.64. The Morgan fingerprint density at radius 3 is 2.67 bits per heavy atom. The normalized spacial score (nSPS) is 12.2. The summed E-state index contributed by atoms with van der Waals surface area (Å²) >= 11 is 0. The molecule has 1 atom stereocenters. The topological polar surface area (TPSA) is 47.6 Å². The SMILES string of the molecule is CCCC(=O)Oc1ccccc1C(CC)NOC. The lowest BCUT2D eigenvalue weighted by atomic mass is 10.0. The number of nitrogens with one attached hydrogen (secondary N) is 1. The number of hydrogen-bond acceptors (Lipinski definition) is 4. The van der Waals surface area contributed by atoms with E-state index >= 15 is 0 Å². The average molecular weight is 251 g/mol. The van der Waals surface area contributed by atoms with Gasteiger partial charge in [-0.15, -0.1) is 0 Å². The van der Waals surface area contributed by atoms with Gasteiger partial charge in [0.1, 0.15) is 5.75 Å². The molecule has 0 aliphatic rings. The van der Waals surface area contributed by atoms with Gasteiger partial charge in [0.15, 0.2) is 0 Å². The Hall–Kier alpha value is -1.39. The van der Waals surface area contributed by atoms with Crippen LogP contribution in [0.2, 0.25) is 0 Å². The first-order chi connectivity index (χ1) is 8.72. The van der Waals surface area contributed by atoms with Crippen LogP contribution in [0.1, 0.15) is 44.7 Å². The summed E-state index contributed by atoms with van der Waals surface area (Å²) in [6.45, 7) is 4.00. The Kier molecular flexibility index (Phi) is 6.39. The van der Waals surface area contributed by atoms with Gasteiger partial charge in [-0.25, -0.2) is 0 Å². The van der Waals surface area contributed by atoms with Gasteiger partial charge in [-0.2, -0.15) is 5.48 Å². The summed E-state index contributed by atoms with van der Waals surface area (Å²) in [5.41, 5.74) is 3.84. The van der Waals surface area contributed by atoms with E-state index in [1.54, 1.807) is 7.11 Å². The van der Waals surface area contributed by atoms with Crippen LogP contribution in [0.5, 0.6) is 5.75 Å². The smallest absolute Gasteiger partial charge is 0.311 e. The number of para-hydroxylation sites is 1. The van der Waals surface area contributed by atoms with Crippen molar-refractivity contribution in [1.82, 2.24) is 5.48 Å². The Labute approximate surface area is 108 Å². The molecule has 4 heteroatoms. The fraction of sp³-hybridized carbons (Fsp3) is 0.500. The first kappa shape index (κ1) is 14.7. The number of rotatable bonds is 7. The summed E-state index contributed by atoms with van der Waals surface area (Å²) in [7, 11) is 1.58. The minimum atomic E-state index is -0.197. The second-order valence-electron chi connectivity index (χ2n) is 4.04. The molecule has 1 N–H and O–H groups in total. The molecule has 1 aromatic rings. The van der Waals surface area contributed by atoms with Gasteiger partial charge in [-0.3, -0.25) is 4.79 Å². The van der Waals surface area contributed by atoms with Gasteiger partial charge in [-0.05, 0) is 18.9 Å². The second-order valence-corrected chi connectivity index (χ2v) is 4.04. The number of carbonyl (C=O) groups excluding carboxylic acids is 1. The molecule has 1 aromatic carbocycles. The van der Waals surface area contributed by atoms with E-state index < -0.39 is 0 Å². The summed E-state index contributed by atoms with van der Waals surface area (Å²) in [6.07, 6.45) is 2.06. The molecule has 0 radical (unpaired) electrons. The van der Waals surface area contributed by atoms with Crippen LogP contribution < -0.4 is 10.2 Å². The highest BCUT2D eigenvalue weighted by Crippen LogP contribution is 2.27. The van der Waals surface area contributed by atoms with Crippen LogP contribution in [0.25, 0.3) is 0 Å². The Bertz CT molecular complexity index is 379. The van der Waals surface area contributed by atoms with Crippen LogP contribution in [0.3, 0.4) is 0 Å². The molecule has 1 rings (SSSR count). The number of carbonyl (C=O) groups is 1. The third kappa shape index (κ3) is 4.13. The molecule has 100 valence electrons. The van der Waals surface area contributed by atoms with Gasteiger partial charge in [-0.1, -0.05) is 32.0 Å². The average Bonchev–Trinajstić information content (AvgIpc) is 2.37. The highest BCUT2D eigenvalue weighted by atomic mass is 16.6. The number of hydroxylamine groups is 1. The van der Waals surface area contributed by atoms with Crippen molar-refractivity contribution in [2.45, 2.75) is 39.2 Å². The fourth-order valence-electron chi connectivity index (χ4n) is 1.75. The van der Waals surface area contributed by atoms with E-state index in [2.05, 4.69) is 5.48 Å². The molecule has 0 aliphatic heterocycles. The summed E-state index contributed by atoms with van der Waals surface area (Å²) in [4.78, 5) is 16.5. The number of benzene rings is 1. The van der Waals surface area contributed by atoms with Gasteiger partial charge in [0.05, 0.1) is 13.2 Å². The molecular weight excluding hydrogens is 230 g/mol. The van der Waals surface area contributed by atoms with E-state index in [1.807, 2.05) is 38.1 Å². The summed E-state index contributed by atoms with van der Waals surface area (Å²) in [6, 6.07) is 7.54. The van der Waals surface area contributed by atoms with Crippen LogP contribution >= 0.6 is 0 Å². The van der Waals surface area contributed by atoms with Crippen molar-refractivity contribution in [3.8, 4) is 5.75 Å². The molecule has 0 saturated carbocycles. The molecule has 0 aromatic heterocycles. The molecule has 0 bridgehead atoms. The van der Waals surface area contributed by atoms with Crippen molar-refractivity contribution in [3.63, 3.8) is 0 Å². The molecular formula is C14H21NO3. The molecule has 0 heterocycles. The first-order valence-corrected chi connectivity index (χ1v) is 6.31. The van der Waals surface area contributed by atoms with Crippen molar-refractivity contribution in [3.05, 3.63) is 29.8 Å². The predicted octanol–water partition coefficient (Wildman–Crippen LogP) is 2.99. The largest absolute Gasteiger partial charge is 0.426 e. The van der Waals surface area contributed by atoms with E-state index in [0.717, 1.165) is 18.4 Å². The molecule has 1 unspecified atom stereocenters. The number of esters is 1. The maximum Gasteiger partial charge on any atom is 0.311 e. The fourth-order valence-corrected chi connectivity index (χ4v) is 1.75. The minimum absolute atomic E-state index is 0.0145. The lowest BCUT2D eigenvalue weighted by molar-refractivity contribution is -0.134. The lowest BCUT2D eigenvalue weighted by Crippen LogP contribution is -2.20. The summed E-state index contributed by atoms with van der Waals surface area (Å²) in [5, 5.41) is 0. The highest BCUT2D eigenvalue weighted by Gasteiger charge is 2.15. The van der Waals surface area contributed by atoms with E-state index in [-0.39, 0.29) is 12.0 Å². The van der Waals surface area contributed by atoms with E-state index in [0.29, 0.717) is 12.2 Å². The molecule has 18 heavy (non-hydrogen) atoms. The van der Waals surface area contributed by atoms with Crippen LogP contribution in [0, 0.1) is 0 Å². The second kappa shape index (κ2) is 7.84. The van der Waals surface area contributed by atoms with Gasteiger partial charge in [0, 0.05) is 12.0 Å². The molecule has 0 aliphatic carbocycles. The maximum atomic E-state index is 11.6. The Morgan fingerprint density at radius 1 is 1.33 bits per heavy atom. The van der Waals surface area contributed by atoms with Crippen molar-refractivity contribution >= 4 is 5.97 Å². The van der Waals surface area contributed by atoms with Gasteiger partial charge < -0.3 is 9.57 Å². The number of hydrogen-bond donors (Lipinski definition) is 1. The molecule has 0 spiro atoms. The minimum Gasteiger partial charge on any atom is -0.426 e. The van der Waals surface area contributed by atoms with Crippen molar-refractivity contribution in [1.29, 1.82) is 0 Å². The van der Waals surface area contributed by atoms with E-state index in [9.17, 15) is 4.79 Å². The van der Waals surface area contributed by atoms with E-state index in [4.69, 9.17) is 9.57 Å². The van der Waals surface area contributed by atoms with Crippen LogP contribution in [-0.2, 0) is 9.63 Å². The zero-order valence-corrected chi connectivity index (χ0v) is 11.2. The highest BCUT2D eigenvalue weighted by molar-refractivity contribution is 5.72. The lowest BCUT2D eigenvalue weighted by Gasteiger charge is -2.18. The molecule has 0 saturated heterocycles. The van der Waals surface area contributed by atoms with Crippen LogP contribution in [-0.4, -0.2) is 13.1 Å². The van der Waals surface area contributed by atoms with Crippen molar-refractivity contribution in [2.24, 2.45) is 0 Å². The molecule has 0 amide bonds. The molecule has 0 fully saturated rings. The molecule has 4 nitrogen and oxygen atoms in total. The van der Waals surface area contributed by atoms with E-state index in [1.165, 1.54) is 0 Å². The van der Waals surface area contributed by atoms with Crippen molar-refractivity contribution in [2.75, 3.05) is 7.11 Å². The summed E-state index contributed by atoms with van der Waals surface area (Å²) < 4.78 is 5.38. The van der Waals surface area contributed by atoms with Crippen molar-refractivity contribution < 1.29 is 14.4 Å². The van der Waals surface area contributed by atoms with Crippen LogP contribution in [0.15, 0.2) is 24.3 Å². The van der Waals surface area contributed by atoms with Gasteiger partial charge in [0.2, 0.25) is 0 Å². The standard InChI is InChI=1S/C14H21NO3/c1-4-8-14(16)18-13-10-7-6-9-11(13)12(5-2)15-17-3/h6-7,9-10,12,15H,4-5,8H2,1-3H3. The Morgan fingerprint density at radius 2 is 2.06 bits per heavy atom. The zero-order chi connectivity index (χ0) is 13.4. The first-order valence-electron chi connectivity index (χ1n) is 6.31. The quantitative estimate of drug-likeness (QED) is 0.460. The maximum absolute atomic E-state index is 11.6. The monoisotopic (exact) mass is 251 g/mol. The third-order valence-corrected chi connectivity index (χ3v) is 2.64. The Balaban J connectivity index is 2.87. The number of ether oxygens (including phenoxy) is 1. The summed E-state index contributed by atoms with van der Waals surface area (Å²) in [5.74, 6) is 0.407. The predicted molar refractivity (Wildman–Crippen MR) is 70.2 cm³/mol. The van der Waals surface area contributed by atoms with Crippen LogP contribution in [0.4, 0.5) is 0 Å².